The van der Waals surface area contributed by atoms with Gasteiger partial charge in [-0.15, -0.1) is 11.8 Å². The zero-order valence-electron chi connectivity index (χ0n) is 11.3. The predicted molar refractivity (Wildman–Crippen MR) is 76.2 cm³/mol. The largest absolute Gasteiger partial charge is 0.465 e. The monoisotopic (exact) mass is 281 g/mol. The summed E-state index contributed by atoms with van der Waals surface area (Å²) in [5.74, 6) is 0.159. The molecule has 0 radical (unpaired) electrons. The molecule has 0 atom stereocenters. The van der Waals surface area contributed by atoms with Crippen LogP contribution in [-0.2, 0) is 14.3 Å². The van der Waals surface area contributed by atoms with Crippen LogP contribution in [0.4, 0.5) is 0 Å². The summed E-state index contributed by atoms with van der Waals surface area (Å²) in [5, 5.41) is 2.54. The van der Waals surface area contributed by atoms with Crippen LogP contribution in [-0.4, -0.2) is 30.8 Å². The number of amides is 1. The summed E-state index contributed by atoms with van der Waals surface area (Å²) >= 11 is 1.62. The zero-order valence-corrected chi connectivity index (χ0v) is 12.1. The Kier molecular flexibility index (Phi) is 7.03. The van der Waals surface area contributed by atoms with Gasteiger partial charge >= 0.3 is 5.97 Å². The van der Waals surface area contributed by atoms with E-state index in [4.69, 9.17) is 4.74 Å². The fraction of sp³-hybridized carbons (Fsp3) is 0.429. The topological polar surface area (TPSA) is 55.4 Å². The summed E-state index contributed by atoms with van der Waals surface area (Å²) in [6.45, 7) is 4.05. The van der Waals surface area contributed by atoms with Gasteiger partial charge in [-0.05, 0) is 26.0 Å². The molecule has 0 aliphatic heterocycles. The lowest BCUT2D eigenvalue weighted by molar-refractivity contribution is -0.143. The number of ether oxygens (including phenoxy) is 1. The lowest BCUT2D eigenvalue weighted by atomic mass is 10.2. The maximum absolute atomic E-state index is 11.5. The number of carbonyl (C=O) groups excluding carboxylic acids is 2. The zero-order chi connectivity index (χ0) is 14.1. The van der Waals surface area contributed by atoms with Crippen molar-refractivity contribution in [1.29, 1.82) is 0 Å². The molecule has 1 aromatic rings. The summed E-state index contributed by atoms with van der Waals surface area (Å²) in [7, 11) is 0. The fourth-order valence-electron chi connectivity index (χ4n) is 1.37. The first-order chi connectivity index (χ1) is 9.11. The Hall–Kier alpha value is -1.49. The Morgan fingerprint density at radius 1 is 1.26 bits per heavy atom. The van der Waals surface area contributed by atoms with Gasteiger partial charge in [-0.25, -0.2) is 0 Å². The molecular weight excluding hydrogens is 262 g/mol. The highest BCUT2D eigenvalue weighted by molar-refractivity contribution is 7.99. The Labute approximate surface area is 117 Å². The quantitative estimate of drug-likeness (QED) is 0.614. The second-order valence-corrected chi connectivity index (χ2v) is 5.16. The number of benzene rings is 1. The molecule has 0 aliphatic carbocycles. The Bertz CT molecular complexity index is 417. The average Bonchev–Trinajstić information content (AvgIpc) is 2.39. The third-order valence-electron chi connectivity index (χ3n) is 2.35. The Balaban J connectivity index is 2.16. The number of thioether (sulfide) groups is 1. The van der Waals surface area contributed by atoms with Crippen LogP contribution in [0.25, 0.3) is 0 Å². The molecule has 0 fully saturated rings. The molecule has 104 valence electrons. The standard InChI is InChI=1S/C14H19NO3S/c1-3-18-14(17)10-15-13(16)8-9-19-12-6-4-11(2)5-7-12/h4-7H,3,8-10H2,1-2H3,(H,15,16). The van der Waals surface area contributed by atoms with Crippen molar-refractivity contribution in [2.45, 2.75) is 25.2 Å². The van der Waals surface area contributed by atoms with Gasteiger partial charge in [0, 0.05) is 17.1 Å². The van der Waals surface area contributed by atoms with Crippen molar-refractivity contribution in [3.63, 3.8) is 0 Å². The summed E-state index contributed by atoms with van der Waals surface area (Å²) in [5.41, 5.74) is 1.22. The average molecular weight is 281 g/mol. The van der Waals surface area contributed by atoms with Crippen molar-refractivity contribution in [1.82, 2.24) is 5.32 Å². The molecule has 0 bridgehead atoms. The van der Waals surface area contributed by atoms with Crippen molar-refractivity contribution >= 4 is 23.6 Å². The van der Waals surface area contributed by atoms with Crippen LogP contribution in [0.2, 0.25) is 0 Å². The minimum absolute atomic E-state index is 0.0537. The highest BCUT2D eigenvalue weighted by Gasteiger charge is 2.05. The van der Waals surface area contributed by atoms with E-state index in [0.717, 1.165) is 4.90 Å². The van der Waals surface area contributed by atoms with Crippen molar-refractivity contribution in [2.75, 3.05) is 18.9 Å². The first-order valence-corrected chi connectivity index (χ1v) is 7.22. The second kappa shape index (κ2) is 8.58. The van der Waals surface area contributed by atoms with E-state index in [9.17, 15) is 9.59 Å². The molecular formula is C14H19NO3S. The van der Waals surface area contributed by atoms with Gasteiger partial charge in [0.15, 0.2) is 0 Å². The molecule has 1 amide bonds. The van der Waals surface area contributed by atoms with E-state index >= 15 is 0 Å². The molecule has 0 unspecified atom stereocenters. The van der Waals surface area contributed by atoms with Gasteiger partial charge in [0.1, 0.15) is 6.54 Å². The van der Waals surface area contributed by atoms with E-state index in [1.807, 2.05) is 31.2 Å². The van der Waals surface area contributed by atoms with E-state index < -0.39 is 5.97 Å². The second-order valence-electron chi connectivity index (χ2n) is 3.99. The van der Waals surface area contributed by atoms with Gasteiger partial charge in [0.25, 0.3) is 0 Å². The maximum atomic E-state index is 11.5. The van der Waals surface area contributed by atoms with Gasteiger partial charge in [-0.1, -0.05) is 17.7 Å². The van der Waals surface area contributed by atoms with Crippen LogP contribution in [0.1, 0.15) is 18.9 Å². The smallest absolute Gasteiger partial charge is 0.325 e. The summed E-state index contributed by atoms with van der Waals surface area (Å²) < 4.78 is 4.72. The van der Waals surface area contributed by atoms with Gasteiger partial charge in [-0.3, -0.25) is 9.59 Å². The highest BCUT2D eigenvalue weighted by Crippen LogP contribution is 2.18. The summed E-state index contributed by atoms with van der Waals surface area (Å²) in [6.07, 6.45) is 0.387. The molecule has 0 heterocycles. The molecule has 0 spiro atoms. The lowest BCUT2D eigenvalue weighted by Gasteiger charge is -2.05. The number of hydrogen-bond acceptors (Lipinski definition) is 4. The Morgan fingerprint density at radius 3 is 2.58 bits per heavy atom. The van der Waals surface area contributed by atoms with Crippen LogP contribution in [0, 0.1) is 6.92 Å². The molecule has 5 heteroatoms. The molecule has 4 nitrogen and oxygen atoms in total. The van der Waals surface area contributed by atoms with Crippen molar-refractivity contribution in [3.05, 3.63) is 29.8 Å². The van der Waals surface area contributed by atoms with E-state index in [-0.39, 0.29) is 12.5 Å². The molecule has 0 aromatic heterocycles. The van der Waals surface area contributed by atoms with Crippen LogP contribution < -0.4 is 5.32 Å². The maximum Gasteiger partial charge on any atom is 0.325 e. The van der Waals surface area contributed by atoms with Gasteiger partial charge in [-0.2, -0.15) is 0 Å². The molecule has 1 N–H and O–H groups in total. The van der Waals surface area contributed by atoms with Crippen LogP contribution in [0.3, 0.4) is 0 Å². The first kappa shape index (κ1) is 15.6. The normalized spacial score (nSPS) is 10.0. The first-order valence-electron chi connectivity index (χ1n) is 6.23. The van der Waals surface area contributed by atoms with E-state index in [2.05, 4.69) is 5.32 Å². The minimum atomic E-state index is -0.401. The molecule has 0 saturated carbocycles. The molecule has 0 aliphatic rings. The number of aryl methyl sites for hydroxylation is 1. The van der Waals surface area contributed by atoms with Gasteiger partial charge in [0.2, 0.25) is 5.91 Å². The van der Waals surface area contributed by atoms with Crippen molar-refractivity contribution < 1.29 is 14.3 Å². The molecule has 0 saturated heterocycles. The van der Waals surface area contributed by atoms with E-state index in [1.165, 1.54) is 5.56 Å². The highest BCUT2D eigenvalue weighted by atomic mass is 32.2. The van der Waals surface area contributed by atoms with Gasteiger partial charge < -0.3 is 10.1 Å². The number of rotatable bonds is 7. The molecule has 1 rings (SSSR count). The summed E-state index contributed by atoms with van der Waals surface area (Å²) in [4.78, 5) is 23.6. The molecule has 1 aromatic carbocycles. The number of nitrogens with one attached hydrogen (secondary N) is 1. The van der Waals surface area contributed by atoms with Crippen molar-refractivity contribution in [3.8, 4) is 0 Å². The van der Waals surface area contributed by atoms with Crippen LogP contribution >= 0.6 is 11.8 Å². The summed E-state index contributed by atoms with van der Waals surface area (Å²) in [6, 6.07) is 8.17. The van der Waals surface area contributed by atoms with Gasteiger partial charge in [0.05, 0.1) is 6.61 Å². The van der Waals surface area contributed by atoms with E-state index in [0.29, 0.717) is 18.8 Å². The number of hydrogen-bond donors (Lipinski definition) is 1. The van der Waals surface area contributed by atoms with Crippen LogP contribution in [0.5, 0.6) is 0 Å². The Morgan fingerprint density at radius 2 is 1.95 bits per heavy atom. The fourth-order valence-corrected chi connectivity index (χ4v) is 2.22. The third-order valence-corrected chi connectivity index (χ3v) is 3.37. The lowest BCUT2D eigenvalue weighted by Crippen LogP contribution is -2.30. The molecule has 19 heavy (non-hydrogen) atoms. The third kappa shape index (κ3) is 6.86. The number of carbonyl (C=O) groups is 2. The van der Waals surface area contributed by atoms with Crippen molar-refractivity contribution in [2.24, 2.45) is 0 Å². The van der Waals surface area contributed by atoms with E-state index in [1.54, 1.807) is 18.7 Å². The predicted octanol–water partition coefficient (Wildman–Crippen LogP) is 2.16. The minimum Gasteiger partial charge on any atom is -0.465 e. The number of esters is 1. The van der Waals surface area contributed by atoms with Crippen LogP contribution in [0.15, 0.2) is 29.2 Å². The SMILES string of the molecule is CCOC(=O)CNC(=O)CCSc1ccc(C)cc1.